The number of hydrogen-bond acceptors (Lipinski definition) is 2. The van der Waals surface area contributed by atoms with Crippen molar-refractivity contribution in [2.24, 2.45) is 0 Å². The first-order chi connectivity index (χ1) is 6.24. The Hall–Kier alpha value is -0.180. The SMILES string of the molecule is CC(Sc1ccccc1)C(O)CCl. The lowest BCUT2D eigenvalue weighted by Crippen LogP contribution is -2.21. The molecule has 0 aliphatic heterocycles. The molecular formula is C10H13ClOS. The van der Waals surface area contributed by atoms with Crippen LogP contribution in [-0.2, 0) is 0 Å². The third kappa shape index (κ3) is 3.59. The van der Waals surface area contributed by atoms with E-state index in [9.17, 15) is 5.11 Å². The van der Waals surface area contributed by atoms with Crippen molar-refractivity contribution in [3.63, 3.8) is 0 Å². The van der Waals surface area contributed by atoms with E-state index in [0.717, 1.165) is 0 Å². The quantitative estimate of drug-likeness (QED) is 0.617. The number of benzene rings is 1. The molecule has 2 atom stereocenters. The fraction of sp³-hybridized carbons (Fsp3) is 0.400. The highest BCUT2D eigenvalue weighted by Gasteiger charge is 2.13. The molecule has 2 unspecified atom stereocenters. The van der Waals surface area contributed by atoms with Crippen molar-refractivity contribution in [2.45, 2.75) is 23.2 Å². The van der Waals surface area contributed by atoms with Crippen LogP contribution in [0.4, 0.5) is 0 Å². The van der Waals surface area contributed by atoms with Crippen molar-refractivity contribution in [3.8, 4) is 0 Å². The number of alkyl halides is 1. The maximum Gasteiger partial charge on any atom is 0.0794 e. The van der Waals surface area contributed by atoms with Gasteiger partial charge in [-0.25, -0.2) is 0 Å². The first-order valence-electron chi connectivity index (χ1n) is 4.19. The maximum absolute atomic E-state index is 9.43. The Morgan fingerprint density at radius 2 is 2.00 bits per heavy atom. The molecule has 3 heteroatoms. The van der Waals surface area contributed by atoms with E-state index in [1.165, 1.54) is 4.90 Å². The van der Waals surface area contributed by atoms with Crippen LogP contribution in [0.3, 0.4) is 0 Å². The van der Waals surface area contributed by atoms with Crippen molar-refractivity contribution >= 4 is 23.4 Å². The number of thioether (sulfide) groups is 1. The van der Waals surface area contributed by atoms with E-state index < -0.39 is 6.10 Å². The maximum atomic E-state index is 9.43. The predicted molar refractivity (Wildman–Crippen MR) is 58.5 cm³/mol. The second kappa shape index (κ2) is 5.53. The zero-order valence-corrected chi connectivity index (χ0v) is 9.05. The summed E-state index contributed by atoms with van der Waals surface area (Å²) in [4.78, 5) is 1.17. The lowest BCUT2D eigenvalue weighted by atomic mass is 10.3. The van der Waals surface area contributed by atoms with Crippen LogP contribution >= 0.6 is 23.4 Å². The molecule has 0 aliphatic rings. The molecule has 0 heterocycles. The number of rotatable bonds is 4. The van der Waals surface area contributed by atoms with Gasteiger partial charge in [0.05, 0.1) is 6.10 Å². The predicted octanol–water partition coefficient (Wildman–Crippen LogP) is 2.77. The molecule has 0 radical (unpaired) electrons. The molecule has 1 N–H and O–H groups in total. The molecule has 13 heavy (non-hydrogen) atoms. The molecule has 1 aromatic rings. The highest BCUT2D eigenvalue weighted by Crippen LogP contribution is 2.24. The zero-order chi connectivity index (χ0) is 9.68. The van der Waals surface area contributed by atoms with Crippen LogP contribution in [0.2, 0.25) is 0 Å². The monoisotopic (exact) mass is 216 g/mol. The van der Waals surface area contributed by atoms with Crippen LogP contribution in [0.1, 0.15) is 6.92 Å². The summed E-state index contributed by atoms with van der Waals surface area (Å²) in [6.45, 7) is 1.98. The Balaban J connectivity index is 2.50. The number of hydrogen-bond donors (Lipinski definition) is 1. The Labute approximate surface area is 88.1 Å². The standard InChI is InChI=1S/C10H13ClOS/c1-8(10(12)7-11)13-9-5-3-2-4-6-9/h2-6,8,10,12H,7H2,1H3. The largest absolute Gasteiger partial charge is 0.391 e. The van der Waals surface area contributed by atoms with Crippen molar-refractivity contribution in [1.82, 2.24) is 0 Å². The third-order valence-corrected chi connectivity index (χ3v) is 3.31. The van der Waals surface area contributed by atoms with Crippen LogP contribution in [-0.4, -0.2) is 22.3 Å². The van der Waals surface area contributed by atoms with Crippen molar-refractivity contribution < 1.29 is 5.11 Å². The number of halogens is 1. The molecule has 0 aromatic heterocycles. The molecule has 1 aromatic carbocycles. The van der Waals surface area contributed by atoms with Crippen molar-refractivity contribution in [2.75, 3.05) is 5.88 Å². The van der Waals surface area contributed by atoms with Gasteiger partial charge in [-0.2, -0.15) is 0 Å². The van der Waals surface area contributed by atoms with Gasteiger partial charge in [-0.3, -0.25) is 0 Å². The lowest BCUT2D eigenvalue weighted by Gasteiger charge is -2.15. The average molecular weight is 217 g/mol. The van der Waals surface area contributed by atoms with Gasteiger partial charge < -0.3 is 5.11 Å². The van der Waals surface area contributed by atoms with Crippen LogP contribution in [0.5, 0.6) is 0 Å². The van der Waals surface area contributed by atoms with Gasteiger partial charge >= 0.3 is 0 Å². The minimum atomic E-state index is -0.438. The second-order valence-electron chi connectivity index (χ2n) is 2.86. The first kappa shape index (κ1) is 10.9. The lowest BCUT2D eigenvalue weighted by molar-refractivity contribution is 0.199. The van der Waals surface area contributed by atoms with E-state index in [0.29, 0.717) is 5.88 Å². The number of aliphatic hydroxyl groups is 1. The topological polar surface area (TPSA) is 20.2 Å². The molecule has 0 saturated carbocycles. The van der Waals surface area contributed by atoms with E-state index >= 15 is 0 Å². The summed E-state index contributed by atoms with van der Waals surface area (Å²) < 4.78 is 0. The zero-order valence-electron chi connectivity index (χ0n) is 7.48. The van der Waals surface area contributed by atoms with Gasteiger partial charge in [-0.1, -0.05) is 25.1 Å². The van der Waals surface area contributed by atoms with E-state index in [2.05, 4.69) is 0 Å². The van der Waals surface area contributed by atoms with E-state index in [1.54, 1.807) is 11.8 Å². The molecule has 1 rings (SSSR count). The Morgan fingerprint density at radius 1 is 1.38 bits per heavy atom. The Kier molecular flexibility index (Phi) is 4.64. The second-order valence-corrected chi connectivity index (χ2v) is 4.62. The van der Waals surface area contributed by atoms with E-state index in [1.807, 2.05) is 37.3 Å². The average Bonchev–Trinajstić information content (AvgIpc) is 2.18. The summed E-state index contributed by atoms with van der Waals surface area (Å²) in [7, 11) is 0. The molecule has 0 saturated heterocycles. The number of aliphatic hydroxyl groups excluding tert-OH is 1. The highest BCUT2D eigenvalue weighted by atomic mass is 35.5. The molecule has 72 valence electrons. The van der Waals surface area contributed by atoms with Crippen LogP contribution < -0.4 is 0 Å². The molecule has 0 bridgehead atoms. The van der Waals surface area contributed by atoms with Crippen LogP contribution in [0.25, 0.3) is 0 Å². The summed E-state index contributed by atoms with van der Waals surface area (Å²) in [5, 5.41) is 9.57. The smallest absolute Gasteiger partial charge is 0.0794 e. The third-order valence-electron chi connectivity index (χ3n) is 1.77. The van der Waals surface area contributed by atoms with Crippen LogP contribution in [0, 0.1) is 0 Å². The highest BCUT2D eigenvalue weighted by molar-refractivity contribution is 8.00. The van der Waals surface area contributed by atoms with Crippen LogP contribution in [0.15, 0.2) is 35.2 Å². The van der Waals surface area contributed by atoms with E-state index in [-0.39, 0.29) is 5.25 Å². The summed E-state index contributed by atoms with van der Waals surface area (Å²) >= 11 is 7.19. The normalized spacial score (nSPS) is 15.3. The van der Waals surface area contributed by atoms with Crippen molar-refractivity contribution in [3.05, 3.63) is 30.3 Å². The van der Waals surface area contributed by atoms with Gasteiger partial charge in [0.15, 0.2) is 0 Å². The summed E-state index contributed by atoms with van der Waals surface area (Å²) in [6, 6.07) is 10.0. The summed E-state index contributed by atoms with van der Waals surface area (Å²) in [5.74, 6) is 0.293. The molecular weight excluding hydrogens is 204 g/mol. The fourth-order valence-electron chi connectivity index (χ4n) is 0.918. The summed E-state index contributed by atoms with van der Waals surface area (Å²) in [5.41, 5.74) is 0. The molecule has 0 fully saturated rings. The van der Waals surface area contributed by atoms with E-state index in [4.69, 9.17) is 11.6 Å². The fourth-order valence-corrected chi connectivity index (χ4v) is 2.29. The van der Waals surface area contributed by atoms with Gasteiger partial charge in [-0.05, 0) is 12.1 Å². The Morgan fingerprint density at radius 3 is 2.54 bits per heavy atom. The van der Waals surface area contributed by atoms with Gasteiger partial charge in [0.25, 0.3) is 0 Å². The minimum absolute atomic E-state index is 0.139. The van der Waals surface area contributed by atoms with Gasteiger partial charge in [0.1, 0.15) is 0 Å². The molecule has 0 aliphatic carbocycles. The first-order valence-corrected chi connectivity index (χ1v) is 5.61. The molecule has 1 nitrogen and oxygen atoms in total. The van der Waals surface area contributed by atoms with Crippen molar-refractivity contribution in [1.29, 1.82) is 0 Å². The van der Waals surface area contributed by atoms with Gasteiger partial charge in [0, 0.05) is 16.0 Å². The molecule has 0 amide bonds. The minimum Gasteiger partial charge on any atom is -0.391 e. The molecule has 0 spiro atoms. The summed E-state index contributed by atoms with van der Waals surface area (Å²) in [6.07, 6.45) is -0.438. The Bertz CT molecular complexity index is 240. The van der Waals surface area contributed by atoms with Gasteiger partial charge in [0.2, 0.25) is 0 Å². The van der Waals surface area contributed by atoms with Gasteiger partial charge in [-0.15, -0.1) is 23.4 Å².